The Hall–Kier alpha value is -1.31. The number of hydrogen-bond donors (Lipinski definition) is 3. The molecular formula is C12H19F3N2O3. The van der Waals surface area contributed by atoms with E-state index in [1.807, 2.05) is 6.92 Å². The van der Waals surface area contributed by atoms with Gasteiger partial charge in [-0.05, 0) is 12.8 Å². The first kappa shape index (κ1) is 16.7. The molecule has 2 amide bonds. The maximum absolute atomic E-state index is 11.9. The van der Waals surface area contributed by atoms with Gasteiger partial charge in [-0.2, -0.15) is 13.2 Å². The van der Waals surface area contributed by atoms with Crippen LogP contribution in [0.4, 0.5) is 13.2 Å². The predicted octanol–water partition coefficient (Wildman–Crippen LogP) is 0.722. The largest absolute Gasteiger partial charge is 0.405 e. The van der Waals surface area contributed by atoms with E-state index in [9.17, 15) is 27.9 Å². The third-order valence-electron chi connectivity index (χ3n) is 3.59. The number of aliphatic hydroxyl groups is 1. The first-order chi connectivity index (χ1) is 9.16. The summed E-state index contributed by atoms with van der Waals surface area (Å²) in [6.45, 7) is 0.295. The van der Waals surface area contributed by atoms with Crippen molar-refractivity contribution in [2.75, 3.05) is 13.2 Å². The van der Waals surface area contributed by atoms with Gasteiger partial charge in [0.25, 0.3) is 0 Å². The molecule has 8 heteroatoms. The predicted molar refractivity (Wildman–Crippen MR) is 64.7 cm³/mol. The average molecular weight is 296 g/mol. The molecule has 1 saturated carbocycles. The van der Waals surface area contributed by atoms with Crippen molar-refractivity contribution in [3.8, 4) is 0 Å². The molecule has 0 saturated heterocycles. The fourth-order valence-corrected chi connectivity index (χ4v) is 2.32. The maximum atomic E-state index is 11.9. The Morgan fingerprint density at radius 3 is 2.55 bits per heavy atom. The highest BCUT2D eigenvalue weighted by atomic mass is 19.4. The molecule has 0 spiro atoms. The van der Waals surface area contributed by atoms with Crippen LogP contribution >= 0.6 is 0 Å². The van der Waals surface area contributed by atoms with E-state index in [4.69, 9.17) is 0 Å². The molecule has 0 aromatic carbocycles. The zero-order valence-corrected chi connectivity index (χ0v) is 11.2. The summed E-state index contributed by atoms with van der Waals surface area (Å²) in [7, 11) is 0. The lowest BCUT2D eigenvalue weighted by atomic mass is 9.86. The van der Waals surface area contributed by atoms with Gasteiger partial charge >= 0.3 is 6.18 Å². The average Bonchev–Trinajstić information content (AvgIpc) is 2.68. The minimum Gasteiger partial charge on any atom is -0.396 e. The van der Waals surface area contributed by atoms with Crippen molar-refractivity contribution >= 4 is 11.8 Å². The van der Waals surface area contributed by atoms with Gasteiger partial charge in [0.1, 0.15) is 13.0 Å². The molecule has 20 heavy (non-hydrogen) atoms. The van der Waals surface area contributed by atoms with Crippen molar-refractivity contribution in [1.29, 1.82) is 0 Å². The minimum atomic E-state index is -4.49. The van der Waals surface area contributed by atoms with E-state index in [2.05, 4.69) is 5.32 Å². The topological polar surface area (TPSA) is 78.4 Å². The summed E-state index contributed by atoms with van der Waals surface area (Å²) >= 11 is 0. The van der Waals surface area contributed by atoms with Gasteiger partial charge in [0.2, 0.25) is 11.8 Å². The zero-order chi connectivity index (χ0) is 15.4. The van der Waals surface area contributed by atoms with Gasteiger partial charge in [0.15, 0.2) is 0 Å². The number of aliphatic hydroxyl groups excluding tert-OH is 1. The van der Waals surface area contributed by atoms with E-state index in [-0.39, 0.29) is 12.6 Å². The van der Waals surface area contributed by atoms with Gasteiger partial charge in [0, 0.05) is 11.5 Å². The molecule has 3 N–H and O–H groups in total. The molecule has 1 rings (SSSR count). The van der Waals surface area contributed by atoms with Crippen LogP contribution in [0.3, 0.4) is 0 Å². The standard InChI is InChI=1S/C12H19F3N2O3/c1-11(7-18)4-2-3-8(11)17-10(20)5-9(19)16-6-12(13,14)15/h8,18H,2-7H2,1H3,(H,16,19)(H,17,20). The van der Waals surface area contributed by atoms with Gasteiger partial charge in [-0.1, -0.05) is 13.3 Å². The molecule has 0 radical (unpaired) electrons. The Morgan fingerprint density at radius 1 is 1.35 bits per heavy atom. The monoisotopic (exact) mass is 296 g/mol. The quantitative estimate of drug-likeness (QED) is 0.654. The molecule has 0 bridgehead atoms. The number of carbonyl (C=O) groups is 2. The summed E-state index contributed by atoms with van der Waals surface area (Å²) in [6.07, 6.45) is -2.84. The van der Waals surface area contributed by atoms with E-state index < -0.39 is 36.4 Å². The van der Waals surface area contributed by atoms with Crippen molar-refractivity contribution in [1.82, 2.24) is 10.6 Å². The first-order valence-electron chi connectivity index (χ1n) is 6.40. The highest BCUT2D eigenvalue weighted by Crippen LogP contribution is 2.37. The van der Waals surface area contributed by atoms with E-state index in [1.54, 1.807) is 5.32 Å². The molecule has 116 valence electrons. The Labute approximate surface area is 114 Å². The third-order valence-corrected chi connectivity index (χ3v) is 3.59. The molecule has 5 nitrogen and oxygen atoms in total. The number of alkyl halides is 3. The van der Waals surface area contributed by atoms with Gasteiger partial charge in [-0.3, -0.25) is 9.59 Å². The van der Waals surface area contributed by atoms with Gasteiger partial charge in [-0.25, -0.2) is 0 Å². The highest BCUT2D eigenvalue weighted by molar-refractivity contribution is 5.97. The number of halogens is 3. The van der Waals surface area contributed by atoms with Crippen molar-refractivity contribution in [2.24, 2.45) is 5.41 Å². The Bertz CT molecular complexity index is 373. The van der Waals surface area contributed by atoms with E-state index in [1.165, 1.54) is 0 Å². The molecule has 2 unspecified atom stereocenters. The van der Waals surface area contributed by atoms with Crippen LogP contribution in [-0.4, -0.2) is 42.3 Å². The molecule has 1 fully saturated rings. The summed E-state index contributed by atoms with van der Waals surface area (Å²) in [6, 6.07) is -0.254. The minimum absolute atomic E-state index is 0.0851. The molecule has 0 aromatic heterocycles. The molecule has 0 heterocycles. The Morgan fingerprint density at radius 2 is 2.00 bits per heavy atom. The lowest BCUT2D eigenvalue weighted by Gasteiger charge is -2.30. The van der Waals surface area contributed by atoms with Crippen molar-refractivity contribution in [2.45, 2.75) is 44.8 Å². The second-order valence-corrected chi connectivity index (χ2v) is 5.39. The van der Waals surface area contributed by atoms with Crippen LogP contribution in [0.1, 0.15) is 32.6 Å². The molecule has 1 aliphatic carbocycles. The van der Waals surface area contributed by atoms with E-state index in [0.29, 0.717) is 6.42 Å². The number of carbonyl (C=O) groups excluding carboxylic acids is 2. The first-order valence-corrected chi connectivity index (χ1v) is 6.40. The van der Waals surface area contributed by atoms with Crippen LogP contribution in [-0.2, 0) is 9.59 Å². The SMILES string of the molecule is CC1(CO)CCCC1NC(=O)CC(=O)NCC(F)(F)F. The second-order valence-electron chi connectivity index (χ2n) is 5.39. The second kappa shape index (κ2) is 6.43. The van der Waals surface area contributed by atoms with Crippen molar-refractivity contribution in [3.63, 3.8) is 0 Å². The van der Waals surface area contributed by atoms with E-state index >= 15 is 0 Å². The number of hydrogen-bond acceptors (Lipinski definition) is 3. The molecule has 1 aliphatic rings. The molecule has 0 aliphatic heterocycles. The van der Waals surface area contributed by atoms with Crippen LogP contribution in [0.15, 0.2) is 0 Å². The highest BCUT2D eigenvalue weighted by Gasteiger charge is 2.39. The smallest absolute Gasteiger partial charge is 0.396 e. The number of nitrogens with one attached hydrogen (secondary N) is 2. The Balaban J connectivity index is 2.38. The summed E-state index contributed by atoms with van der Waals surface area (Å²) in [5, 5.41) is 13.6. The van der Waals surface area contributed by atoms with Gasteiger partial charge < -0.3 is 15.7 Å². The summed E-state index contributed by atoms with van der Waals surface area (Å²) in [5.74, 6) is -1.60. The summed E-state index contributed by atoms with van der Waals surface area (Å²) in [4.78, 5) is 22.8. The van der Waals surface area contributed by atoms with Crippen LogP contribution in [0.25, 0.3) is 0 Å². The lowest BCUT2D eigenvalue weighted by Crippen LogP contribution is -2.46. The van der Waals surface area contributed by atoms with Crippen LogP contribution < -0.4 is 10.6 Å². The van der Waals surface area contributed by atoms with E-state index in [0.717, 1.165) is 12.8 Å². The Kier molecular flexibility index (Phi) is 5.38. The normalized spacial score (nSPS) is 26.4. The van der Waals surface area contributed by atoms with Crippen molar-refractivity contribution < 1.29 is 27.9 Å². The molecule has 2 atom stereocenters. The van der Waals surface area contributed by atoms with Crippen LogP contribution in [0.2, 0.25) is 0 Å². The number of rotatable bonds is 5. The molecule has 0 aromatic rings. The fraction of sp³-hybridized carbons (Fsp3) is 0.833. The lowest BCUT2D eigenvalue weighted by molar-refractivity contribution is -0.141. The third kappa shape index (κ3) is 4.99. The van der Waals surface area contributed by atoms with Crippen molar-refractivity contribution in [3.05, 3.63) is 0 Å². The van der Waals surface area contributed by atoms with Gasteiger partial charge in [-0.15, -0.1) is 0 Å². The van der Waals surface area contributed by atoms with Crippen LogP contribution in [0, 0.1) is 5.41 Å². The zero-order valence-electron chi connectivity index (χ0n) is 11.2. The summed E-state index contributed by atoms with van der Waals surface area (Å²) in [5.41, 5.74) is -0.432. The number of amides is 2. The van der Waals surface area contributed by atoms with Crippen LogP contribution in [0.5, 0.6) is 0 Å². The fourth-order valence-electron chi connectivity index (χ4n) is 2.32. The molecular weight excluding hydrogens is 277 g/mol. The van der Waals surface area contributed by atoms with Gasteiger partial charge in [0.05, 0.1) is 6.61 Å². The maximum Gasteiger partial charge on any atom is 0.405 e. The summed E-state index contributed by atoms with van der Waals surface area (Å²) < 4.78 is 35.7.